The lowest BCUT2D eigenvalue weighted by molar-refractivity contribution is 0.350. The van der Waals surface area contributed by atoms with Crippen LogP contribution >= 0.6 is 19.7 Å². The third-order valence-corrected chi connectivity index (χ3v) is 5.43. The normalized spacial score (nSPS) is 10.8. The van der Waals surface area contributed by atoms with E-state index in [1.165, 1.54) is 10.6 Å². The van der Waals surface area contributed by atoms with Crippen molar-refractivity contribution in [2.24, 2.45) is 0 Å². The van der Waals surface area contributed by atoms with Crippen molar-refractivity contribution >= 4 is 30.4 Å². The summed E-state index contributed by atoms with van der Waals surface area (Å²) in [4.78, 5) is 0. The fourth-order valence-electron chi connectivity index (χ4n) is 2.14. The second-order valence-electron chi connectivity index (χ2n) is 4.87. The largest absolute Gasteiger partial charge is 0.345 e. The molecule has 0 radical (unpaired) electrons. The second kappa shape index (κ2) is 7.56. The van der Waals surface area contributed by atoms with E-state index in [9.17, 15) is 0 Å². The molecule has 0 amide bonds. The maximum atomic E-state index is 6.26. The molecule has 0 aliphatic heterocycles. The first-order valence-electron chi connectivity index (χ1n) is 7.10. The Morgan fingerprint density at radius 2 is 1.18 bits per heavy atom. The van der Waals surface area contributed by atoms with Crippen molar-refractivity contribution in [3.8, 4) is 0 Å². The van der Waals surface area contributed by atoms with Crippen LogP contribution in [0.4, 0.5) is 0 Å². The molecule has 0 aliphatic carbocycles. The minimum absolute atomic E-state index is 0.576. The highest BCUT2D eigenvalue weighted by atomic mass is 35.5. The van der Waals surface area contributed by atoms with Crippen molar-refractivity contribution in [2.75, 3.05) is 0 Å². The zero-order valence-corrected chi connectivity index (χ0v) is 13.7. The highest BCUT2D eigenvalue weighted by Crippen LogP contribution is 2.35. The first-order valence-corrected chi connectivity index (χ1v) is 8.74. The first kappa shape index (κ1) is 15.2. The molecule has 0 N–H and O–H groups in total. The molecule has 0 unspecified atom stereocenters. The van der Waals surface area contributed by atoms with Gasteiger partial charge in [-0.3, -0.25) is 0 Å². The Kier molecular flexibility index (Phi) is 5.24. The van der Waals surface area contributed by atoms with Crippen molar-refractivity contribution in [3.05, 3.63) is 95.5 Å². The molecule has 0 aliphatic rings. The average Bonchev–Trinajstić information content (AvgIpc) is 2.59. The highest BCUT2D eigenvalue weighted by Gasteiger charge is 2.14. The van der Waals surface area contributed by atoms with Gasteiger partial charge in [0.15, 0.2) is 0 Å². The van der Waals surface area contributed by atoms with Crippen LogP contribution in [0.2, 0.25) is 5.02 Å². The zero-order valence-electron chi connectivity index (χ0n) is 12.0. The number of hydrogen-bond donors (Lipinski definition) is 0. The van der Waals surface area contributed by atoms with E-state index >= 15 is 0 Å². The van der Waals surface area contributed by atoms with E-state index in [2.05, 4.69) is 48.5 Å². The lowest BCUT2D eigenvalue weighted by Crippen LogP contribution is -2.13. The monoisotopic (exact) mass is 326 g/mol. The molecule has 3 heteroatoms. The van der Waals surface area contributed by atoms with Crippen LogP contribution in [0.1, 0.15) is 5.56 Å². The maximum Gasteiger partial charge on any atom is 0.0922 e. The van der Waals surface area contributed by atoms with Crippen LogP contribution in [0, 0.1) is 0 Å². The smallest absolute Gasteiger partial charge is 0.0922 e. The van der Waals surface area contributed by atoms with Gasteiger partial charge >= 0.3 is 0 Å². The van der Waals surface area contributed by atoms with E-state index in [-0.39, 0.29) is 0 Å². The average molecular weight is 327 g/mol. The molecule has 22 heavy (non-hydrogen) atoms. The number of benzene rings is 3. The Balaban J connectivity index is 1.81. The van der Waals surface area contributed by atoms with Gasteiger partial charge in [-0.2, -0.15) is 0 Å². The maximum absolute atomic E-state index is 6.26. The molecule has 0 heterocycles. The molecule has 3 rings (SSSR count). The van der Waals surface area contributed by atoms with Crippen molar-refractivity contribution in [3.63, 3.8) is 0 Å². The Labute approximate surface area is 137 Å². The lowest BCUT2D eigenvalue weighted by Gasteiger charge is -2.18. The molecule has 1 nitrogen and oxygen atoms in total. The number of hydrogen-bond acceptors (Lipinski definition) is 1. The minimum Gasteiger partial charge on any atom is -0.345 e. The van der Waals surface area contributed by atoms with Crippen molar-refractivity contribution in [1.29, 1.82) is 0 Å². The fraction of sp³-hybridized carbons (Fsp3) is 0.0526. The predicted molar refractivity (Wildman–Crippen MR) is 95.3 cm³/mol. The van der Waals surface area contributed by atoms with E-state index < -0.39 is 8.15 Å². The van der Waals surface area contributed by atoms with Gasteiger partial charge in [0, 0.05) is 15.6 Å². The summed E-state index contributed by atoms with van der Waals surface area (Å²) >= 11 is 5.93. The van der Waals surface area contributed by atoms with Gasteiger partial charge in [0.1, 0.15) is 0 Å². The van der Waals surface area contributed by atoms with Crippen LogP contribution in [0.25, 0.3) is 0 Å². The van der Waals surface area contributed by atoms with Crippen molar-refractivity contribution in [2.45, 2.75) is 6.61 Å². The number of rotatable bonds is 5. The summed E-state index contributed by atoms with van der Waals surface area (Å²) < 4.78 is 6.26. The van der Waals surface area contributed by atoms with Crippen LogP contribution in [0.5, 0.6) is 0 Å². The molecule has 0 aromatic heterocycles. The number of halogens is 1. The first-order chi connectivity index (χ1) is 10.8. The Morgan fingerprint density at radius 1 is 0.682 bits per heavy atom. The van der Waals surface area contributed by atoms with Crippen molar-refractivity contribution < 1.29 is 4.52 Å². The second-order valence-corrected chi connectivity index (χ2v) is 7.18. The van der Waals surface area contributed by atoms with E-state index in [0.29, 0.717) is 6.61 Å². The Bertz CT molecular complexity index is 659. The molecular weight excluding hydrogens is 311 g/mol. The van der Waals surface area contributed by atoms with Crippen LogP contribution < -0.4 is 10.6 Å². The Hall–Kier alpha value is -1.66. The topological polar surface area (TPSA) is 9.23 Å². The standard InChI is InChI=1S/C19H16ClOP/c20-17-13-11-16(12-14-17)15-21-22(18-7-3-1-4-8-18)19-9-5-2-6-10-19/h1-14H,15H2. The summed E-state index contributed by atoms with van der Waals surface area (Å²) in [7, 11) is -0.815. The van der Waals surface area contributed by atoms with Gasteiger partial charge in [-0.25, -0.2) is 0 Å². The SMILES string of the molecule is Clc1ccc(COP(c2ccccc2)c2ccccc2)cc1. The van der Waals surface area contributed by atoms with Gasteiger partial charge < -0.3 is 4.52 Å². The van der Waals surface area contributed by atoms with Crippen molar-refractivity contribution in [1.82, 2.24) is 0 Å². The quantitative estimate of drug-likeness (QED) is 0.606. The molecule has 0 spiro atoms. The molecule has 110 valence electrons. The predicted octanol–water partition coefficient (Wildman–Crippen LogP) is 4.90. The third kappa shape index (κ3) is 3.96. The third-order valence-electron chi connectivity index (χ3n) is 3.25. The summed E-state index contributed by atoms with van der Waals surface area (Å²) in [5.41, 5.74) is 1.13. The van der Waals surface area contributed by atoms with Gasteiger partial charge in [0.25, 0.3) is 0 Å². The summed E-state index contributed by atoms with van der Waals surface area (Å²) in [5.74, 6) is 0. The van der Waals surface area contributed by atoms with Crippen LogP contribution in [0.3, 0.4) is 0 Å². The van der Waals surface area contributed by atoms with Gasteiger partial charge in [-0.05, 0) is 17.7 Å². The van der Waals surface area contributed by atoms with E-state index in [0.717, 1.165) is 10.6 Å². The summed E-state index contributed by atoms with van der Waals surface area (Å²) in [6.45, 7) is 0.576. The van der Waals surface area contributed by atoms with Gasteiger partial charge in [0.05, 0.1) is 14.8 Å². The molecule has 0 bridgehead atoms. The van der Waals surface area contributed by atoms with Crippen LogP contribution in [0.15, 0.2) is 84.9 Å². The van der Waals surface area contributed by atoms with Gasteiger partial charge in [-0.15, -0.1) is 0 Å². The molecular formula is C19H16ClOP. The highest BCUT2D eigenvalue weighted by molar-refractivity contribution is 7.68. The molecule has 3 aromatic rings. The summed E-state index contributed by atoms with van der Waals surface area (Å²) in [6.07, 6.45) is 0. The lowest BCUT2D eigenvalue weighted by atomic mass is 10.2. The van der Waals surface area contributed by atoms with Crippen LogP contribution in [-0.2, 0) is 11.1 Å². The van der Waals surface area contributed by atoms with E-state index in [1.807, 2.05) is 36.4 Å². The summed E-state index contributed by atoms with van der Waals surface area (Å²) in [5, 5.41) is 3.19. The Morgan fingerprint density at radius 3 is 1.68 bits per heavy atom. The minimum atomic E-state index is -0.815. The van der Waals surface area contributed by atoms with E-state index in [4.69, 9.17) is 16.1 Å². The molecule has 0 fully saturated rings. The summed E-state index contributed by atoms with van der Waals surface area (Å²) in [6, 6.07) is 28.6. The van der Waals surface area contributed by atoms with E-state index in [1.54, 1.807) is 0 Å². The van der Waals surface area contributed by atoms with Gasteiger partial charge in [-0.1, -0.05) is 84.4 Å². The zero-order chi connectivity index (χ0) is 15.2. The molecule has 0 saturated heterocycles. The molecule has 0 atom stereocenters. The molecule has 3 aromatic carbocycles. The van der Waals surface area contributed by atoms with Gasteiger partial charge in [0.2, 0.25) is 0 Å². The fourth-order valence-corrected chi connectivity index (χ4v) is 4.03. The van der Waals surface area contributed by atoms with Crippen LogP contribution in [-0.4, -0.2) is 0 Å². The molecule has 0 saturated carbocycles.